The molecule has 2 aliphatic rings. The van der Waals surface area contributed by atoms with Crippen molar-refractivity contribution >= 4 is 23.3 Å². The van der Waals surface area contributed by atoms with Crippen molar-refractivity contribution in [3.05, 3.63) is 10.1 Å². The molecule has 4 N–H and O–H groups in total. The second kappa shape index (κ2) is 9.62. The van der Waals surface area contributed by atoms with Gasteiger partial charge in [0, 0.05) is 32.8 Å². The minimum absolute atomic E-state index is 0.0331. The van der Waals surface area contributed by atoms with Gasteiger partial charge in [-0.05, 0) is 25.8 Å². The van der Waals surface area contributed by atoms with Crippen LogP contribution in [-0.2, 0) is 9.47 Å². The molecule has 0 unspecified atom stereocenters. The van der Waals surface area contributed by atoms with Crippen molar-refractivity contribution in [3.63, 3.8) is 0 Å². The molecule has 150 valence electrons. The van der Waals surface area contributed by atoms with Crippen LogP contribution < -0.4 is 16.4 Å². The quantitative estimate of drug-likeness (QED) is 0.318. The minimum atomic E-state index is -0.560. The molecule has 27 heavy (non-hydrogen) atoms. The van der Waals surface area contributed by atoms with Crippen molar-refractivity contribution < 1.29 is 14.4 Å². The van der Waals surface area contributed by atoms with Crippen LogP contribution in [0.15, 0.2) is 0 Å². The number of nitrogens with one attached hydrogen (secondary N) is 2. The van der Waals surface area contributed by atoms with E-state index >= 15 is 0 Å². The normalized spacial score (nSPS) is 20.5. The minimum Gasteiger partial charge on any atom is -0.379 e. The highest BCUT2D eigenvalue weighted by molar-refractivity contribution is 5.69. The molecule has 0 aromatic carbocycles. The summed E-state index contributed by atoms with van der Waals surface area (Å²) in [5, 5.41) is 17.4. The maximum atomic E-state index is 11.3. The Morgan fingerprint density at radius 2 is 2.07 bits per heavy atom. The Morgan fingerprint density at radius 1 is 1.26 bits per heavy atom. The van der Waals surface area contributed by atoms with E-state index in [1.54, 1.807) is 0 Å². The van der Waals surface area contributed by atoms with Gasteiger partial charge in [-0.3, -0.25) is 15.0 Å². The first-order chi connectivity index (χ1) is 13.1. The van der Waals surface area contributed by atoms with E-state index in [0.29, 0.717) is 13.1 Å². The van der Waals surface area contributed by atoms with E-state index < -0.39 is 4.92 Å². The molecule has 0 radical (unpaired) electrons. The fourth-order valence-corrected chi connectivity index (χ4v) is 3.20. The lowest BCUT2D eigenvalue weighted by molar-refractivity contribution is -0.383. The van der Waals surface area contributed by atoms with Crippen LogP contribution >= 0.6 is 0 Å². The molecule has 11 nitrogen and oxygen atoms in total. The number of morpholine rings is 1. The SMILES string of the molecule is Nc1nc(NCCCN2CCOCC2)nc(NC[C@H]2CCCO2)c1[N+](=O)[O-]. The molecular formula is C16H27N7O4. The van der Waals surface area contributed by atoms with Gasteiger partial charge in [0.1, 0.15) is 0 Å². The molecule has 1 aromatic heterocycles. The standard InChI is InChI=1S/C16H27N7O4/c17-14-13(23(24)25)15(19-11-12-3-1-8-27-12)21-16(20-14)18-4-2-5-22-6-9-26-10-7-22/h12H,1-11H2,(H4,17,18,19,20,21)/t12-/m1/s1. The lowest BCUT2D eigenvalue weighted by Crippen LogP contribution is -2.37. The van der Waals surface area contributed by atoms with Crippen LogP contribution in [0, 0.1) is 10.1 Å². The van der Waals surface area contributed by atoms with Crippen molar-refractivity contribution in [1.82, 2.24) is 14.9 Å². The molecule has 0 spiro atoms. The molecule has 2 aliphatic heterocycles. The van der Waals surface area contributed by atoms with Crippen LogP contribution in [0.3, 0.4) is 0 Å². The fourth-order valence-electron chi connectivity index (χ4n) is 3.20. The van der Waals surface area contributed by atoms with Crippen molar-refractivity contribution in [2.75, 3.05) is 68.9 Å². The molecule has 0 bridgehead atoms. The number of anilines is 3. The number of nitrogens with two attached hydrogens (primary N) is 1. The molecule has 3 heterocycles. The summed E-state index contributed by atoms with van der Waals surface area (Å²) >= 11 is 0. The number of rotatable bonds is 9. The predicted octanol–water partition coefficient (Wildman–Crippen LogP) is 0.692. The Kier molecular flexibility index (Phi) is 6.96. The lowest BCUT2D eigenvalue weighted by atomic mass is 10.2. The number of hydrogen-bond acceptors (Lipinski definition) is 10. The van der Waals surface area contributed by atoms with Crippen molar-refractivity contribution in [3.8, 4) is 0 Å². The first-order valence-corrected chi connectivity index (χ1v) is 9.35. The Balaban J connectivity index is 1.56. The second-order valence-electron chi connectivity index (χ2n) is 6.64. The summed E-state index contributed by atoms with van der Waals surface area (Å²) in [6.07, 6.45) is 2.86. The highest BCUT2D eigenvalue weighted by Crippen LogP contribution is 2.29. The second-order valence-corrected chi connectivity index (χ2v) is 6.64. The Hall–Kier alpha value is -2.24. The fraction of sp³-hybridized carbons (Fsp3) is 0.750. The summed E-state index contributed by atoms with van der Waals surface area (Å²) in [6.45, 7) is 6.20. The van der Waals surface area contributed by atoms with Gasteiger partial charge in [0.2, 0.25) is 17.6 Å². The van der Waals surface area contributed by atoms with Gasteiger partial charge in [-0.15, -0.1) is 0 Å². The van der Waals surface area contributed by atoms with Crippen LogP contribution in [0.5, 0.6) is 0 Å². The Labute approximate surface area is 157 Å². The summed E-state index contributed by atoms with van der Waals surface area (Å²) in [7, 11) is 0. The van der Waals surface area contributed by atoms with E-state index in [9.17, 15) is 10.1 Å². The Morgan fingerprint density at radius 3 is 2.78 bits per heavy atom. The zero-order valence-electron chi connectivity index (χ0n) is 15.4. The van der Waals surface area contributed by atoms with Crippen LogP contribution in [0.1, 0.15) is 19.3 Å². The molecular weight excluding hydrogens is 354 g/mol. The zero-order valence-corrected chi connectivity index (χ0v) is 15.4. The average molecular weight is 381 g/mol. The highest BCUT2D eigenvalue weighted by Gasteiger charge is 2.24. The van der Waals surface area contributed by atoms with Gasteiger partial charge < -0.3 is 25.8 Å². The molecule has 2 saturated heterocycles. The number of hydrogen-bond donors (Lipinski definition) is 3. The van der Waals surface area contributed by atoms with E-state index in [0.717, 1.165) is 58.7 Å². The van der Waals surface area contributed by atoms with Crippen molar-refractivity contribution in [2.24, 2.45) is 0 Å². The molecule has 3 rings (SSSR count). The Bertz CT molecular complexity index is 633. The summed E-state index contributed by atoms with van der Waals surface area (Å²) in [4.78, 5) is 21.4. The van der Waals surface area contributed by atoms with Gasteiger partial charge in [-0.2, -0.15) is 9.97 Å². The molecule has 0 saturated carbocycles. The van der Waals surface area contributed by atoms with Crippen LogP contribution in [0.4, 0.5) is 23.3 Å². The van der Waals surface area contributed by atoms with Gasteiger partial charge in [-0.1, -0.05) is 0 Å². The summed E-state index contributed by atoms with van der Waals surface area (Å²) in [5.41, 5.74) is 5.50. The van der Waals surface area contributed by atoms with Gasteiger partial charge >= 0.3 is 5.69 Å². The van der Waals surface area contributed by atoms with E-state index in [2.05, 4.69) is 25.5 Å². The van der Waals surface area contributed by atoms with Crippen molar-refractivity contribution in [2.45, 2.75) is 25.4 Å². The highest BCUT2D eigenvalue weighted by atomic mass is 16.6. The topological polar surface area (TPSA) is 141 Å². The monoisotopic (exact) mass is 381 g/mol. The molecule has 11 heteroatoms. The van der Waals surface area contributed by atoms with Gasteiger partial charge in [0.25, 0.3) is 0 Å². The van der Waals surface area contributed by atoms with E-state index in [1.165, 1.54) is 0 Å². The third kappa shape index (κ3) is 5.62. The van der Waals surface area contributed by atoms with Crippen LogP contribution in [0.2, 0.25) is 0 Å². The molecule has 1 atom stereocenters. The molecule has 0 aliphatic carbocycles. The first kappa shape index (κ1) is 19.5. The number of aromatic nitrogens is 2. The van der Waals surface area contributed by atoms with Crippen LogP contribution in [-0.4, -0.2) is 78.4 Å². The number of nitro groups is 1. The van der Waals surface area contributed by atoms with E-state index in [-0.39, 0.29) is 29.4 Å². The lowest BCUT2D eigenvalue weighted by Gasteiger charge is -2.26. The third-order valence-corrected chi connectivity index (χ3v) is 4.65. The summed E-state index contributed by atoms with van der Waals surface area (Å²) in [6, 6.07) is 0. The third-order valence-electron chi connectivity index (χ3n) is 4.65. The van der Waals surface area contributed by atoms with Crippen LogP contribution in [0.25, 0.3) is 0 Å². The summed E-state index contributed by atoms with van der Waals surface area (Å²) < 4.78 is 10.9. The largest absolute Gasteiger partial charge is 0.379 e. The average Bonchev–Trinajstić information content (AvgIpc) is 3.17. The molecule has 2 fully saturated rings. The zero-order chi connectivity index (χ0) is 19.1. The number of ether oxygens (including phenoxy) is 2. The molecule has 1 aromatic rings. The molecule has 0 amide bonds. The smallest absolute Gasteiger partial charge is 0.353 e. The van der Waals surface area contributed by atoms with E-state index in [1.807, 2.05) is 0 Å². The maximum Gasteiger partial charge on any atom is 0.353 e. The van der Waals surface area contributed by atoms with Gasteiger partial charge in [0.15, 0.2) is 0 Å². The maximum absolute atomic E-state index is 11.3. The summed E-state index contributed by atoms with van der Waals surface area (Å²) in [5.74, 6) is 0.258. The number of nitrogen functional groups attached to an aromatic ring is 1. The predicted molar refractivity (Wildman–Crippen MR) is 101 cm³/mol. The number of nitrogens with zero attached hydrogens (tertiary/aromatic N) is 4. The van der Waals surface area contributed by atoms with E-state index in [4.69, 9.17) is 15.2 Å². The first-order valence-electron chi connectivity index (χ1n) is 9.35. The van der Waals surface area contributed by atoms with Crippen molar-refractivity contribution in [1.29, 1.82) is 0 Å². The van der Waals surface area contributed by atoms with Gasteiger partial charge in [-0.25, -0.2) is 0 Å². The van der Waals surface area contributed by atoms with Gasteiger partial charge in [0.05, 0.1) is 24.2 Å².